The van der Waals surface area contributed by atoms with Crippen LogP contribution < -0.4 is 10.1 Å². The number of aliphatic carboxylic acids is 2. The third kappa shape index (κ3) is 6.26. The molecular weight excluding hydrogens is 650 g/mol. The standard InChI is InChI=1S/C33H33NO15/c1-12-27(39)17(34-20(36)7-14(32(44)45)8-21(37)38)9-22(48-12)49-19-11-33(46,13(2)35)10-16-24(19)31(43)26-25(29(16)41)28(40)15-5-4-6-18(47-3)23(15)30(26)42/h4-7,12,17,19,22,27,39,41,43,46H,8-11H2,1-3H3,(H,34,36)(H,37,38)(H,44,45)/b14-7-/t12-,17-,19?,22-,27+,33-/m0/s1. The second-order valence-electron chi connectivity index (χ2n) is 12.1. The molecule has 3 aliphatic rings. The number of amides is 1. The molecule has 16 nitrogen and oxygen atoms in total. The Balaban J connectivity index is 1.53. The van der Waals surface area contributed by atoms with Crippen LogP contribution in [0.25, 0.3) is 0 Å². The summed E-state index contributed by atoms with van der Waals surface area (Å²) in [5, 5.41) is 65.8. The first-order chi connectivity index (χ1) is 23.0. The quantitative estimate of drug-likeness (QED) is 0.121. The summed E-state index contributed by atoms with van der Waals surface area (Å²) in [5.41, 5.74) is -4.63. The molecule has 0 radical (unpaired) electrons. The van der Waals surface area contributed by atoms with Crippen LogP contribution >= 0.6 is 0 Å². The monoisotopic (exact) mass is 683 g/mol. The minimum atomic E-state index is -2.17. The predicted molar refractivity (Wildman–Crippen MR) is 162 cm³/mol. The van der Waals surface area contributed by atoms with E-state index in [9.17, 15) is 54.3 Å². The van der Waals surface area contributed by atoms with Gasteiger partial charge in [0.1, 0.15) is 29.0 Å². The molecule has 2 aromatic rings. The summed E-state index contributed by atoms with van der Waals surface area (Å²) < 4.78 is 17.2. The first kappa shape index (κ1) is 35.2. The lowest BCUT2D eigenvalue weighted by atomic mass is 9.72. The number of aliphatic hydroxyl groups excluding tert-OH is 1. The van der Waals surface area contributed by atoms with E-state index in [0.29, 0.717) is 6.08 Å². The van der Waals surface area contributed by atoms with E-state index < -0.39 is 119 Å². The average molecular weight is 684 g/mol. The van der Waals surface area contributed by atoms with Crippen LogP contribution in [0, 0.1) is 0 Å². The van der Waals surface area contributed by atoms with E-state index >= 15 is 0 Å². The van der Waals surface area contributed by atoms with Crippen molar-refractivity contribution in [2.75, 3.05) is 7.11 Å². The maximum atomic E-state index is 13.8. The van der Waals surface area contributed by atoms with Crippen molar-refractivity contribution in [2.45, 2.75) is 75.8 Å². The molecule has 49 heavy (non-hydrogen) atoms. The maximum Gasteiger partial charge on any atom is 0.332 e. The number of carbonyl (C=O) groups excluding carboxylic acids is 4. The van der Waals surface area contributed by atoms with Crippen LogP contribution in [0.2, 0.25) is 0 Å². The lowest BCUT2D eigenvalue weighted by Crippen LogP contribution is -2.55. The molecule has 1 fully saturated rings. The van der Waals surface area contributed by atoms with E-state index in [1.165, 1.54) is 32.2 Å². The van der Waals surface area contributed by atoms with Gasteiger partial charge in [-0.05, 0) is 19.9 Å². The number of fused-ring (bicyclic) bond motifs is 3. The summed E-state index contributed by atoms with van der Waals surface area (Å²) in [4.78, 5) is 75.2. The van der Waals surface area contributed by atoms with Crippen molar-refractivity contribution in [1.82, 2.24) is 5.32 Å². The Kier molecular flexibility index (Phi) is 9.35. The predicted octanol–water partition coefficient (Wildman–Crippen LogP) is 0.672. The molecule has 1 unspecified atom stereocenters. The Morgan fingerprint density at radius 1 is 1.06 bits per heavy atom. The third-order valence-electron chi connectivity index (χ3n) is 9.00. The normalized spacial score (nSPS) is 26.2. The zero-order chi connectivity index (χ0) is 36.1. The number of aromatic hydroxyl groups is 2. The molecule has 2 aromatic carbocycles. The second kappa shape index (κ2) is 13.0. The summed E-state index contributed by atoms with van der Waals surface area (Å²) in [6.07, 6.45) is -6.94. The van der Waals surface area contributed by atoms with E-state index in [0.717, 1.165) is 6.92 Å². The zero-order valence-corrected chi connectivity index (χ0v) is 26.4. The fourth-order valence-electron chi connectivity index (χ4n) is 6.50. The molecule has 0 saturated carbocycles. The van der Waals surface area contributed by atoms with Crippen molar-refractivity contribution >= 4 is 35.2 Å². The molecule has 2 aliphatic carbocycles. The number of carbonyl (C=O) groups is 6. The molecule has 16 heteroatoms. The van der Waals surface area contributed by atoms with Gasteiger partial charge in [0.2, 0.25) is 11.7 Å². The number of rotatable bonds is 9. The van der Waals surface area contributed by atoms with E-state index in [-0.39, 0.29) is 34.4 Å². The largest absolute Gasteiger partial charge is 0.507 e. The number of ketones is 3. The Morgan fingerprint density at radius 3 is 2.35 bits per heavy atom. The Bertz CT molecular complexity index is 1830. The van der Waals surface area contributed by atoms with E-state index in [2.05, 4.69) is 5.32 Å². The number of hydrogen-bond acceptors (Lipinski definition) is 13. The minimum absolute atomic E-state index is 0.0429. The first-order valence-electron chi connectivity index (χ1n) is 15.0. The van der Waals surface area contributed by atoms with Gasteiger partial charge in [-0.15, -0.1) is 0 Å². The number of carboxylic acid groups (broad SMARTS) is 2. The highest BCUT2D eigenvalue weighted by Gasteiger charge is 2.49. The number of hydrogen-bond donors (Lipinski definition) is 7. The number of methoxy groups -OCH3 is 1. The maximum absolute atomic E-state index is 13.8. The molecule has 6 atom stereocenters. The summed E-state index contributed by atoms with van der Waals surface area (Å²) in [6.45, 7) is 2.52. The van der Waals surface area contributed by atoms with Crippen molar-refractivity contribution in [3.05, 3.63) is 63.2 Å². The minimum Gasteiger partial charge on any atom is -0.507 e. The topological polar surface area (TPSA) is 264 Å². The van der Waals surface area contributed by atoms with Crippen molar-refractivity contribution < 1.29 is 73.6 Å². The highest BCUT2D eigenvalue weighted by Crippen LogP contribution is 2.52. The number of phenols is 2. The van der Waals surface area contributed by atoms with Crippen molar-refractivity contribution in [2.24, 2.45) is 0 Å². The first-order valence-corrected chi connectivity index (χ1v) is 15.0. The van der Waals surface area contributed by atoms with Crippen LogP contribution in [0.1, 0.15) is 82.2 Å². The zero-order valence-electron chi connectivity index (χ0n) is 26.4. The van der Waals surface area contributed by atoms with Crippen LogP contribution in [-0.4, -0.2) is 103 Å². The fraction of sp³-hybridized carbons (Fsp3) is 0.394. The highest BCUT2D eigenvalue weighted by molar-refractivity contribution is 6.31. The Morgan fingerprint density at radius 2 is 1.73 bits per heavy atom. The molecule has 0 spiro atoms. The SMILES string of the molecule is COc1cccc2c1C(=O)c1c(O)c3c(c(O)c1C2=O)C[C@@](O)(C(C)=O)CC3O[C@H]1C[C@H](NC(=O)/C=C(/CC(=O)O)C(=O)O)[C@H](O)[C@H](C)O1. The van der Waals surface area contributed by atoms with Gasteiger partial charge >= 0.3 is 11.9 Å². The highest BCUT2D eigenvalue weighted by atomic mass is 16.7. The van der Waals surface area contributed by atoms with Gasteiger partial charge in [-0.1, -0.05) is 12.1 Å². The lowest BCUT2D eigenvalue weighted by molar-refractivity contribution is -0.249. The fourth-order valence-corrected chi connectivity index (χ4v) is 6.50. The van der Waals surface area contributed by atoms with Gasteiger partial charge in [-0.2, -0.15) is 0 Å². The van der Waals surface area contributed by atoms with Crippen LogP contribution in [0.15, 0.2) is 29.8 Å². The molecule has 1 heterocycles. The number of carboxylic acids is 2. The summed E-state index contributed by atoms with van der Waals surface area (Å²) in [6, 6.07) is 3.11. The Labute approximate surface area is 277 Å². The van der Waals surface area contributed by atoms with E-state index in [1.54, 1.807) is 0 Å². The summed E-state index contributed by atoms with van der Waals surface area (Å²) in [7, 11) is 1.29. The Hall–Kier alpha value is -5.16. The van der Waals surface area contributed by atoms with Crippen molar-refractivity contribution in [1.29, 1.82) is 0 Å². The molecular formula is C33H33NO15. The number of Topliss-reactive ketones (excluding diaryl/α,β-unsaturated/α-hetero) is 1. The molecule has 0 aromatic heterocycles. The summed E-state index contributed by atoms with van der Waals surface area (Å²) in [5.74, 6) is -7.99. The summed E-state index contributed by atoms with van der Waals surface area (Å²) >= 11 is 0. The van der Waals surface area contributed by atoms with Gasteiger partial charge in [0.25, 0.3) is 0 Å². The van der Waals surface area contributed by atoms with E-state index in [4.69, 9.17) is 19.3 Å². The number of nitrogens with one attached hydrogen (secondary N) is 1. The number of phenolic OH excluding ortho intramolecular Hbond substituents is 2. The van der Waals surface area contributed by atoms with Crippen LogP contribution in [-0.2, 0) is 35.1 Å². The third-order valence-corrected chi connectivity index (χ3v) is 9.00. The average Bonchev–Trinajstić information content (AvgIpc) is 3.02. The number of ether oxygens (including phenoxy) is 3. The number of benzene rings is 2. The number of aliphatic hydroxyl groups is 2. The van der Waals surface area contributed by atoms with E-state index in [1.807, 2.05) is 0 Å². The van der Waals surface area contributed by atoms with Gasteiger partial charge < -0.3 is 50.2 Å². The molecule has 1 amide bonds. The molecule has 5 rings (SSSR count). The molecule has 260 valence electrons. The van der Waals surface area contributed by atoms with Crippen molar-refractivity contribution in [3.8, 4) is 17.2 Å². The molecule has 0 bridgehead atoms. The second-order valence-corrected chi connectivity index (χ2v) is 12.1. The lowest BCUT2D eigenvalue weighted by Gasteiger charge is -2.42. The van der Waals surface area contributed by atoms with Gasteiger partial charge in [0, 0.05) is 42.0 Å². The van der Waals surface area contributed by atoms with Crippen LogP contribution in [0.5, 0.6) is 17.2 Å². The van der Waals surface area contributed by atoms with Crippen LogP contribution in [0.4, 0.5) is 0 Å². The molecule has 7 N–H and O–H groups in total. The van der Waals surface area contributed by atoms with Gasteiger partial charge in [-0.25, -0.2) is 4.79 Å². The van der Waals surface area contributed by atoms with Gasteiger partial charge in [-0.3, -0.25) is 24.0 Å². The smallest absolute Gasteiger partial charge is 0.332 e. The van der Waals surface area contributed by atoms with Gasteiger partial charge in [0.15, 0.2) is 17.9 Å². The van der Waals surface area contributed by atoms with Crippen LogP contribution in [0.3, 0.4) is 0 Å². The van der Waals surface area contributed by atoms with Crippen molar-refractivity contribution in [3.63, 3.8) is 0 Å². The molecule has 1 saturated heterocycles. The molecule has 1 aliphatic heterocycles. The van der Waals surface area contributed by atoms with Gasteiger partial charge in [0.05, 0.1) is 54.0 Å².